The van der Waals surface area contributed by atoms with Crippen molar-refractivity contribution in [3.8, 4) is 0 Å². The summed E-state index contributed by atoms with van der Waals surface area (Å²) in [6.07, 6.45) is 0. The van der Waals surface area contributed by atoms with Gasteiger partial charge in [0.15, 0.2) is 0 Å². The third-order valence-corrected chi connectivity index (χ3v) is 2.96. The summed E-state index contributed by atoms with van der Waals surface area (Å²) >= 11 is 0. The number of hydrogen-bond donors (Lipinski definition) is 0. The molecule has 0 aliphatic heterocycles. The van der Waals surface area contributed by atoms with Crippen molar-refractivity contribution in [3.63, 3.8) is 0 Å². The van der Waals surface area contributed by atoms with Gasteiger partial charge in [0.25, 0.3) is 10.1 Å². The molecule has 94 valence electrons. The highest BCUT2D eigenvalue weighted by Crippen LogP contribution is 2.18. The molecule has 6 nitrogen and oxygen atoms in total. The monoisotopic (exact) mass is 267 g/mol. The number of hydrogen-bond acceptors (Lipinski definition) is 5. The van der Waals surface area contributed by atoms with Crippen molar-refractivity contribution < 1.29 is 26.3 Å². The summed E-state index contributed by atoms with van der Waals surface area (Å²) in [5.41, 5.74) is 0. The maximum Gasteiger partial charge on any atom is 0.535 e. The lowest BCUT2D eigenvalue weighted by atomic mass is 10.4. The number of nitro groups is 1. The van der Waals surface area contributed by atoms with E-state index in [-0.39, 0.29) is 4.90 Å². The smallest absolute Gasteiger partial charge is 0.259 e. The Morgan fingerprint density at radius 3 is 2.29 bits per heavy atom. The van der Waals surface area contributed by atoms with Gasteiger partial charge in [-0.1, -0.05) is 18.2 Å². The van der Waals surface area contributed by atoms with Crippen molar-refractivity contribution in [2.75, 3.05) is 6.61 Å². The van der Waals surface area contributed by atoms with Crippen molar-refractivity contribution >= 4 is 10.1 Å². The molecular formula is C8H7F2NO5S. The highest BCUT2D eigenvalue weighted by Gasteiger charge is 2.46. The van der Waals surface area contributed by atoms with Gasteiger partial charge in [-0.2, -0.15) is 8.42 Å². The van der Waals surface area contributed by atoms with E-state index in [4.69, 9.17) is 0 Å². The molecule has 0 amide bonds. The highest BCUT2D eigenvalue weighted by atomic mass is 32.2. The fourth-order valence-corrected chi connectivity index (χ4v) is 1.78. The van der Waals surface area contributed by atoms with Crippen molar-refractivity contribution in [1.29, 1.82) is 0 Å². The van der Waals surface area contributed by atoms with Crippen LogP contribution in [0.5, 0.6) is 0 Å². The Morgan fingerprint density at radius 1 is 1.29 bits per heavy atom. The molecule has 9 heteroatoms. The zero-order valence-electron chi connectivity index (χ0n) is 8.25. The number of alkyl halides is 2. The molecule has 1 aromatic carbocycles. The van der Waals surface area contributed by atoms with Gasteiger partial charge in [-0.25, -0.2) is 0 Å². The maximum absolute atomic E-state index is 12.5. The van der Waals surface area contributed by atoms with Crippen LogP contribution in [0.3, 0.4) is 0 Å². The van der Waals surface area contributed by atoms with E-state index < -0.39 is 27.7 Å². The van der Waals surface area contributed by atoms with Crippen molar-refractivity contribution in [2.45, 2.75) is 10.9 Å². The Balaban J connectivity index is 2.80. The van der Waals surface area contributed by atoms with Gasteiger partial charge in [-0.3, -0.25) is 14.3 Å². The molecule has 0 aromatic heterocycles. The van der Waals surface area contributed by atoms with E-state index in [1.54, 1.807) is 0 Å². The summed E-state index contributed by atoms with van der Waals surface area (Å²) < 4.78 is 51.6. The lowest BCUT2D eigenvalue weighted by molar-refractivity contribution is -0.645. The van der Waals surface area contributed by atoms with Gasteiger partial charge in [-0.15, -0.1) is 8.78 Å². The molecule has 0 radical (unpaired) electrons. The van der Waals surface area contributed by atoms with E-state index >= 15 is 0 Å². The zero-order valence-corrected chi connectivity index (χ0v) is 9.06. The van der Waals surface area contributed by atoms with Gasteiger partial charge in [0.1, 0.15) is 0 Å². The summed E-state index contributed by atoms with van der Waals surface area (Å²) in [5.74, 6) is 0. The van der Waals surface area contributed by atoms with Crippen LogP contribution >= 0.6 is 0 Å². The van der Waals surface area contributed by atoms with E-state index in [2.05, 4.69) is 4.18 Å². The molecule has 0 spiro atoms. The molecule has 0 saturated carbocycles. The van der Waals surface area contributed by atoms with Crippen molar-refractivity contribution in [3.05, 3.63) is 40.4 Å². The minimum Gasteiger partial charge on any atom is -0.259 e. The Morgan fingerprint density at radius 2 is 1.82 bits per heavy atom. The normalized spacial score (nSPS) is 12.4. The minimum atomic E-state index is -4.44. The van der Waals surface area contributed by atoms with Crippen LogP contribution in [0.25, 0.3) is 0 Å². The van der Waals surface area contributed by atoms with E-state index in [9.17, 15) is 27.3 Å². The molecule has 0 aliphatic rings. The fraction of sp³-hybridized carbons (Fsp3) is 0.250. The molecule has 0 unspecified atom stereocenters. The summed E-state index contributed by atoms with van der Waals surface area (Å²) in [7, 11) is -4.41. The second kappa shape index (κ2) is 4.72. The predicted molar refractivity (Wildman–Crippen MR) is 51.5 cm³/mol. The first-order valence-electron chi connectivity index (χ1n) is 4.22. The highest BCUT2D eigenvalue weighted by molar-refractivity contribution is 7.86. The summed E-state index contributed by atoms with van der Waals surface area (Å²) in [5, 5.41) is 9.86. The second-order valence-corrected chi connectivity index (χ2v) is 4.57. The first kappa shape index (κ1) is 13.5. The molecule has 0 N–H and O–H groups in total. The minimum absolute atomic E-state index is 0.348. The molecular weight excluding hydrogens is 260 g/mol. The Labute approximate surface area is 95.1 Å². The second-order valence-electron chi connectivity index (χ2n) is 2.95. The largest absolute Gasteiger partial charge is 0.535 e. The maximum atomic E-state index is 12.5. The lowest BCUT2D eigenvalue weighted by Crippen LogP contribution is -2.34. The Hall–Kier alpha value is -1.61. The Bertz CT molecular complexity index is 502. The van der Waals surface area contributed by atoms with Crippen LogP contribution in [0.1, 0.15) is 0 Å². The van der Waals surface area contributed by atoms with Gasteiger partial charge >= 0.3 is 6.05 Å². The molecule has 0 atom stereocenters. The Kier molecular flexibility index (Phi) is 3.73. The van der Waals surface area contributed by atoms with Crippen molar-refractivity contribution in [1.82, 2.24) is 0 Å². The van der Waals surface area contributed by atoms with Crippen LogP contribution in [0, 0.1) is 10.1 Å². The van der Waals surface area contributed by atoms with Gasteiger partial charge in [0.2, 0.25) is 6.61 Å². The van der Waals surface area contributed by atoms with E-state index in [0.29, 0.717) is 0 Å². The average molecular weight is 267 g/mol. The van der Waals surface area contributed by atoms with Gasteiger partial charge < -0.3 is 0 Å². The number of rotatable bonds is 5. The third-order valence-electron chi connectivity index (χ3n) is 1.69. The van der Waals surface area contributed by atoms with E-state index in [1.807, 2.05) is 0 Å². The molecule has 0 fully saturated rings. The fourth-order valence-electron chi connectivity index (χ4n) is 0.856. The van der Waals surface area contributed by atoms with Crippen LogP contribution in [0.4, 0.5) is 8.78 Å². The summed E-state index contributed by atoms with van der Waals surface area (Å²) in [4.78, 5) is 7.60. The van der Waals surface area contributed by atoms with Crippen LogP contribution in [-0.4, -0.2) is 26.0 Å². The van der Waals surface area contributed by atoms with Gasteiger partial charge in [0, 0.05) is 0 Å². The van der Waals surface area contributed by atoms with E-state index in [0.717, 1.165) is 12.1 Å². The molecule has 0 bridgehead atoms. The standard InChI is InChI=1S/C8H7F2NO5S/c9-8(10,11(12)13)6-16-17(14,15)7-4-2-1-3-5-7/h1-5H,6H2. The predicted octanol–water partition coefficient (Wildman–Crippen LogP) is 1.26. The average Bonchev–Trinajstić information content (AvgIpc) is 2.28. The molecule has 1 aromatic rings. The molecule has 0 saturated heterocycles. The summed E-state index contributed by atoms with van der Waals surface area (Å²) in [6.45, 7) is -1.84. The molecule has 0 heterocycles. The quantitative estimate of drug-likeness (QED) is 0.347. The van der Waals surface area contributed by atoms with Crippen LogP contribution in [0.15, 0.2) is 35.2 Å². The van der Waals surface area contributed by atoms with Crippen LogP contribution in [0.2, 0.25) is 0 Å². The third kappa shape index (κ3) is 3.43. The van der Waals surface area contributed by atoms with Crippen molar-refractivity contribution in [2.24, 2.45) is 0 Å². The number of benzene rings is 1. The van der Waals surface area contributed by atoms with E-state index in [1.165, 1.54) is 18.2 Å². The number of halogens is 2. The molecule has 17 heavy (non-hydrogen) atoms. The molecule has 0 aliphatic carbocycles. The zero-order chi connectivity index (χ0) is 13.1. The van der Waals surface area contributed by atoms with Gasteiger partial charge in [-0.05, 0) is 12.1 Å². The van der Waals surface area contributed by atoms with Gasteiger partial charge in [0.05, 0.1) is 9.82 Å². The van der Waals surface area contributed by atoms with Crippen LogP contribution in [-0.2, 0) is 14.3 Å². The SMILES string of the molecule is O=[N+]([O-])C(F)(F)COS(=O)(=O)c1ccccc1. The topological polar surface area (TPSA) is 86.5 Å². The van der Waals surface area contributed by atoms with Crippen LogP contribution < -0.4 is 0 Å². The summed E-state index contributed by atoms with van der Waals surface area (Å²) in [6, 6.07) is 2.05. The first-order valence-corrected chi connectivity index (χ1v) is 5.63. The molecule has 1 rings (SSSR count). The first-order chi connectivity index (χ1) is 7.76. The number of nitrogens with zero attached hydrogens (tertiary/aromatic N) is 1. The lowest BCUT2D eigenvalue weighted by Gasteiger charge is -2.08.